The van der Waals surface area contributed by atoms with Crippen molar-refractivity contribution in [3.63, 3.8) is 0 Å². The lowest BCUT2D eigenvalue weighted by atomic mass is 9.94. The lowest BCUT2D eigenvalue weighted by Crippen LogP contribution is -2.42. The number of benzene rings is 2. The first kappa shape index (κ1) is 22.9. The van der Waals surface area contributed by atoms with Crippen LogP contribution >= 0.6 is 0 Å². The molecule has 2 aromatic carbocycles. The highest BCUT2D eigenvalue weighted by Gasteiger charge is 2.46. The molecule has 0 radical (unpaired) electrons. The number of methoxy groups -OCH3 is 1. The Labute approximate surface area is 192 Å². The van der Waals surface area contributed by atoms with E-state index in [-0.39, 0.29) is 11.3 Å². The van der Waals surface area contributed by atoms with E-state index in [0.717, 1.165) is 18.7 Å². The molecule has 1 N–H and O–H groups in total. The highest BCUT2D eigenvalue weighted by atomic mass is 19.1. The van der Waals surface area contributed by atoms with Gasteiger partial charge in [0.05, 0.1) is 31.9 Å². The van der Waals surface area contributed by atoms with Crippen LogP contribution in [0, 0.1) is 12.7 Å². The molecule has 33 heavy (non-hydrogen) atoms. The fraction of sp³-hybridized carbons (Fsp3) is 0.360. The number of ketones is 1. The monoisotopic (exact) mass is 454 g/mol. The Balaban J connectivity index is 1.74. The van der Waals surface area contributed by atoms with Crippen molar-refractivity contribution < 1.29 is 28.6 Å². The number of carbonyl (C=O) groups is 2. The van der Waals surface area contributed by atoms with Crippen molar-refractivity contribution in [1.82, 2.24) is 9.80 Å². The summed E-state index contributed by atoms with van der Waals surface area (Å²) in [6.07, 6.45) is 0. The van der Waals surface area contributed by atoms with Gasteiger partial charge in [-0.2, -0.15) is 0 Å². The molecule has 0 bridgehead atoms. The molecule has 174 valence electrons. The Kier molecular flexibility index (Phi) is 6.76. The molecule has 0 unspecified atom stereocenters. The Bertz CT molecular complexity index is 1080. The maximum absolute atomic E-state index is 13.6. The zero-order chi connectivity index (χ0) is 23.5. The topological polar surface area (TPSA) is 79.3 Å². The lowest BCUT2D eigenvalue weighted by Gasteiger charge is -2.31. The maximum Gasteiger partial charge on any atom is 0.295 e. The number of likely N-dealkylation sites (tertiary alicyclic amines) is 1. The second kappa shape index (κ2) is 9.72. The van der Waals surface area contributed by atoms with Crippen LogP contribution in [0.5, 0.6) is 5.75 Å². The summed E-state index contributed by atoms with van der Waals surface area (Å²) in [6.45, 7) is 5.43. The predicted octanol–water partition coefficient (Wildman–Crippen LogP) is 2.90. The van der Waals surface area contributed by atoms with Crippen molar-refractivity contribution in [3.8, 4) is 5.75 Å². The molecule has 2 aromatic rings. The summed E-state index contributed by atoms with van der Waals surface area (Å²) in [4.78, 5) is 29.8. The Morgan fingerprint density at radius 3 is 2.45 bits per heavy atom. The van der Waals surface area contributed by atoms with Gasteiger partial charge < -0.3 is 19.5 Å². The summed E-state index contributed by atoms with van der Waals surface area (Å²) < 4.78 is 24.3. The molecular weight excluding hydrogens is 427 g/mol. The molecule has 0 aromatic heterocycles. The van der Waals surface area contributed by atoms with E-state index >= 15 is 0 Å². The quantitative estimate of drug-likeness (QED) is 0.411. The second-order valence-corrected chi connectivity index (χ2v) is 8.18. The molecule has 1 amide bonds. The van der Waals surface area contributed by atoms with Crippen molar-refractivity contribution in [2.45, 2.75) is 13.0 Å². The number of hydrogen-bond acceptors (Lipinski definition) is 6. The third-order valence-corrected chi connectivity index (χ3v) is 6.15. The van der Waals surface area contributed by atoms with Gasteiger partial charge in [-0.15, -0.1) is 0 Å². The number of Topliss-reactive ketones (excluding diaryl/α,β-unsaturated/α-hetero) is 1. The van der Waals surface area contributed by atoms with Gasteiger partial charge in [0.15, 0.2) is 0 Å². The highest BCUT2D eigenvalue weighted by molar-refractivity contribution is 6.46. The first-order chi connectivity index (χ1) is 15.9. The first-order valence-corrected chi connectivity index (χ1v) is 10.9. The standard InChI is InChI=1S/C25H27FN2O5/c1-16-15-18(5-8-20(16)32-2)23(29)21-22(17-3-6-19(26)7-4-17)28(25(31)24(21)30)10-9-27-11-13-33-14-12-27/h3-8,15,22,29H,9-14H2,1-2H3/t22-/m1/s1. The van der Waals surface area contributed by atoms with Crippen LogP contribution in [0.15, 0.2) is 48.0 Å². The van der Waals surface area contributed by atoms with Crippen LogP contribution in [0.4, 0.5) is 4.39 Å². The predicted molar refractivity (Wildman–Crippen MR) is 120 cm³/mol. The van der Waals surface area contributed by atoms with Crippen LogP contribution in [-0.2, 0) is 14.3 Å². The van der Waals surface area contributed by atoms with E-state index in [1.807, 2.05) is 6.92 Å². The third-order valence-electron chi connectivity index (χ3n) is 6.15. The van der Waals surface area contributed by atoms with E-state index < -0.39 is 23.5 Å². The number of ether oxygens (including phenoxy) is 2. The SMILES string of the molecule is COc1ccc(C(O)=C2C(=O)C(=O)N(CCN3CCOCC3)[C@@H]2c2ccc(F)cc2)cc1C. The van der Waals surface area contributed by atoms with Crippen LogP contribution in [0.3, 0.4) is 0 Å². The smallest absolute Gasteiger partial charge is 0.295 e. The number of aryl methyl sites for hydroxylation is 1. The normalized spacial score (nSPS) is 20.9. The first-order valence-electron chi connectivity index (χ1n) is 10.9. The molecule has 0 aliphatic carbocycles. The Morgan fingerprint density at radius 1 is 1.12 bits per heavy atom. The Morgan fingerprint density at radius 2 is 1.82 bits per heavy atom. The summed E-state index contributed by atoms with van der Waals surface area (Å²) in [5, 5.41) is 11.2. The summed E-state index contributed by atoms with van der Waals surface area (Å²) >= 11 is 0. The minimum atomic E-state index is -0.811. The molecule has 4 rings (SSSR count). The van der Waals surface area contributed by atoms with Gasteiger partial charge in [0.25, 0.3) is 11.7 Å². The third kappa shape index (κ3) is 4.62. The van der Waals surface area contributed by atoms with Crippen LogP contribution in [0.1, 0.15) is 22.7 Å². The van der Waals surface area contributed by atoms with E-state index in [1.165, 1.54) is 17.0 Å². The fourth-order valence-corrected chi connectivity index (χ4v) is 4.36. The van der Waals surface area contributed by atoms with E-state index in [2.05, 4.69) is 4.90 Å². The molecule has 2 saturated heterocycles. The molecule has 2 aliphatic heterocycles. The number of hydrogen-bond donors (Lipinski definition) is 1. The summed E-state index contributed by atoms with van der Waals surface area (Å²) in [5.74, 6) is -1.47. The van der Waals surface area contributed by atoms with Crippen molar-refractivity contribution in [2.75, 3.05) is 46.5 Å². The van der Waals surface area contributed by atoms with Gasteiger partial charge in [0.2, 0.25) is 0 Å². The van der Waals surface area contributed by atoms with Crippen molar-refractivity contribution in [3.05, 3.63) is 70.5 Å². The highest BCUT2D eigenvalue weighted by Crippen LogP contribution is 2.39. The maximum atomic E-state index is 13.6. The molecule has 0 saturated carbocycles. The number of aliphatic hydroxyl groups excluding tert-OH is 1. The number of halogens is 1. The van der Waals surface area contributed by atoms with E-state index in [0.29, 0.717) is 43.2 Å². The molecular formula is C25H27FN2O5. The lowest BCUT2D eigenvalue weighted by molar-refractivity contribution is -0.140. The average molecular weight is 454 g/mol. The van der Waals surface area contributed by atoms with E-state index in [9.17, 15) is 19.1 Å². The van der Waals surface area contributed by atoms with Crippen LogP contribution in [0.2, 0.25) is 0 Å². The van der Waals surface area contributed by atoms with Gasteiger partial charge in [0.1, 0.15) is 17.3 Å². The molecule has 2 heterocycles. The molecule has 8 heteroatoms. The van der Waals surface area contributed by atoms with Crippen LogP contribution in [-0.4, -0.2) is 73.1 Å². The number of amides is 1. The van der Waals surface area contributed by atoms with Gasteiger partial charge in [-0.1, -0.05) is 12.1 Å². The van der Waals surface area contributed by atoms with E-state index in [1.54, 1.807) is 37.4 Å². The molecule has 0 spiro atoms. The van der Waals surface area contributed by atoms with Crippen molar-refractivity contribution in [2.24, 2.45) is 0 Å². The minimum absolute atomic E-state index is 0.00171. The van der Waals surface area contributed by atoms with E-state index in [4.69, 9.17) is 9.47 Å². The minimum Gasteiger partial charge on any atom is -0.507 e. The van der Waals surface area contributed by atoms with Gasteiger partial charge >= 0.3 is 0 Å². The van der Waals surface area contributed by atoms with Gasteiger partial charge in [-0.05, 0) is 48.4 Å². The summed E-state index contributed by atoms with van der Waals surface area (Å²) in [7, 11) is 1.55. The van der Waals surface area contributed by atoms with Crippen molar-refractivity contribution >= 4 is 17.4 Å². The molecule has 7 nitrogen and oxygen atoms in total. The van der Waals surface area contributed by atoms with Crippen LogP contribution in [0.25, 0.3) is 5.76 Å². The van der Waals surface area contributed by atoms with Gasteiger partial charge in [-0.3, -0.25) is 14.5 Å². The summed E-state index contributed by atoms with van der Waals surface area (Å²) in [6, 6.07) is 9.89. The largest absolute Gasteiger partial charge is 0.507 e. The van der Waals surface area contributed by atoms with Crippen molar-refractivity contribution in [1.29, 1.82) is 0 Å². The van der Waals surface area contributed by atoms with Gasteiger partial charge in [-0.25, -0.2) is 4.39 Å². The number of carbonyl (C=O) groups excluding carboxylic acids is 2. The number of rotatable bonds is 6. The zero-order valence-electron chi connectivity index (χ0n) is 18.7. The van der Waals surface area contributed by atoms with Crippen LogP contribution < -0.4 is 4.74 Å². The number of morpholine rings is 1. The fourth-order valence-electron chi connectivity index (χ4n) is 4.36. The number of nitrogens with zero attached hydrogens (tertiary/aromatic N) is 2. The molecule has 2 aliphatic rings. The Hall–Kier alpha value is -3.23. The average Bonchev–Trinajstić information content (AvgIpc) is 3.08. The number of aliphatic hydroxyl groups is 1. The summed E-state index contributed by atoms with van der Waals surface area (Å²) in [5.41, 5.74) is 1.75. The second-order valence-electron chi connectivity index (χ2n) is 8.18. The van der Waals surface area contributed by atoms with Gasteiger partial charge in [0, 0.05) is 31.7 Å². The zero-order valence-corrected chi connectivity index (χ0v) is 18.7. The molecule has 2 fully saturated rings. The molecule has 1 atom stereocenters.